The first-order valence-electron chi connectivity index (χ1n) is 11.7. The summed E-state index contributed by atoms with van der Waals surface area (Å²) in [5.74, 6) is 0.894. The van der Waals surface area contributed by atoms with Crippen LogP contribution in [-0.2, 0) is 10.8 Å². The lowest BCUT2D eigenvalue weighted by atomic mass is 9.63. The van der Waals surface area contributed by atoms with Gasteiger partial charge in [0.1, 0.15) is 0 Å². The minimum Gasteiger partial charge on any atom is -0.341 e. The molecule has 2 saturated heterocycles. The van der Waals surface area contributed by atoms with Crippen LogP contribution in [0.4, 0.5) is 5.95 Å². The summed E-state index contributed by atoms with van der Waals surface area (Å²) in [7, 11) is 0. The second-order valence-corrected chi connectivity index (χ2v) is 11.2. The summed E-state index contributed by atoms with van der Waals surface area (Å²) < 4.78 is 0. The lowest BCUT2D eigenvalue weighted by molar-refractivity contribution is 0.246. The molecular weight excluding hydrogens is 439 g/mol. The van der Waals surface area contributed by atoms with E-state index in [-0.39, 0.29) is 35.6 Å². The largest absolute Gasteiger partial charge is 0.341 e. The van der Waals surface area contributed by atoms with Crippen LogP contribution in [0.1, 0.15) is 70.9 Å². The molecular formula is C26H38Cl2N4. The SMILES string of the molecule is CC1(C)CCC(C)(C)c2cc(-c3ccnc(N4CCC5(CCNC5)CC4)n3)ccc21.Cl.Cl. The molecule has 1 N–H and O–H groups in total. The van der Waals surface area contributed by atoms with Gasteiger partial charge in [-0.1, -0.05) is 39.8 Å². The second-order valence-electron chi connectivity index (χ2n) is 11.2. The highest BCUT2D eigenvalue weighted by Gasteiger charge is 2.38. The zero-order valence-electron chi connectivity index (χ0n) is 19.9. The summed E-state index contributed by atoms with van der Waals surface area (Å²) in [5.41, 5.74) is 6.24. The highest BCUT2D eigenvalue weighted by atomic mass is 35.5. The molecule has 0 unspecified atom stereocenters. The Kier molecular flexibility index (Phi) is 7.20. The number of halogens is 2. The summed E-state index contributed by atoms with van der Waals surface area (Å²) in [6.45, 7) is 14.0. The molecule has 2 aliphatic heterocycles. The van der Waals surface area contributed by atoms with Crippen molar-refractivity contribution < 1.29 is 0 Å². The first kappa shape index (κ1) is 25.3. The van der Waals surface area contributed by atoms with Crippen LogP contribution < -0.4 is 10.2 Å². The standard InChI is InChI=1S/C26H36N4.2ClH/c1-24(2)8-9-25(3,4)21-17-19(5-6-20(21)24)22-7-13-28-23(29-22)30-15-11-26(12-16-30)10-14-27-18-26;;/h5-7,13,17,27H,8-12,14-16,18H2,1-4H3;2*1H. The van der Waals surface area contributed by atoms with E-state index in [1.165, 1.54) is 61.9 Å². The number of nitrogens with one attached hydrogen (secondary N) is 1. The third kappa shape index (κ3) is 4.51. The number of piperidine rings is 1. The molecule has 5 rings (SSSR count). The zero-order valence-corrected chi connectivity index (χ0v) is 21.5. The van der Waals surface area contributed by atoms with Crippen LogP contribution in [-0.4, -0.2) is 36.1 Å². The van der Waals surface area contributed by atoms with E-state index in [2.05, 4.69) is 67.2 Å². The summed E-state index contributed by atoms with van der Waals surface area (Å²) in [4.78, 5) is 12.0. The van der Waals surface area contributed by atoms with E-state index in [4.69, 9.17) is 4.98 Å². The smallest absolute Gasteiger partial charge is 0.225 e. The highest BCUT2D eigenvalue weighted by molar-refractivity contribution is 5.85. The third-order valence-corrected chi connectivity index (χ3v) is 8.23. The highest BCUT2D eigenvalue weighted by Crippen LogP contribution is 2.46. The number of fused-ring (bicyclic) bond motifs is 1. The lowest BCUT2D eigenvalue weighted by Crippen LogP contribution is -2.41. The molecule has 4 nitrogen and oxygen atoms in total. The zero-order chi connectivity index (χ0) is 21.0. The van der Waals surface area contributed by atoms with Gasteiger partial charge in [-0.3, -0.25) is 0 Å². The van der Waals surface area contributed by atoms with Gasteiger partial charge in [-0.25, -0.2) is 9.97 Å². The van der Waals surface area contributed by atoms with Gasteiger partial charge in [0.15, 0.2) is 0 Å². The molecule has 1 aromatic heterocycles. The number of hydrogen-bond donors (Lipinski definition) is 1. The van der Waals surface area contributed by atoms with Crippen LogP contribution in [0.3, 0.4) is 0 Å². The number of nitrogens with zero attached hydrogens (tertiary/aromatic N) is 3. The Hall–Kier alpha value is -1.36. The summed E-state index contributed by atoms with van der Waals surface area (Å²) in [6.07, 6.45) is 8.23. The maximum atomic E-state index is 5.01. The van der Waals surface area contributed by atoms with Gasteiger partial charge in [-0.05, 0) is 78.2 Å². The molecule has 0 atom stereocenters. The van der Waals surface area contributed by atoms with Crippen LogP contribution in [0.15, 0.2) is 30.5 Å². The average Bonchev–Trinajstić information content (AvgIpc) is 3.20. The Morgan fingerprint density at radius 2 is 1.53 bits per heavy atom. The fourth-order valence-electron chi connectivity index (χ4n) is 5.81. The van der Waals surface area contributed by atoms with E-state index in [0.717, 1.165) is 24.7 Å². The number of rotatable bonds is 2. The van der Waals surface area contributed by atoms with E-state index in [0.29, 0.717) is 5.41 Å². The van der Waals surface area contributed by atoms with Crippen molar-refractivity contribution >= 4 is 30.8 Å². The van der Waals surface area contributed by atoms with Crippen LogP contribution >= 0.6 is 24.8 Å². The fraction of sp³-hybridized carbons (Fsp3) is 0.615. The first-order chi connectivity index (χ1) is 14.3. The van der Waals surface area contributed by atoms with E-state index in [1.807, 2.05) is 6.20 Å². The number of hydrogen-bond acceptors (Lipinski definition) is 4. The number of anilines is 1. The van der Waals surface area contributed by atoms with Crippen LogP contribution in [0.2, 0.25) is 0 Å². The summed E-state index contributed by atoms with van der Waals surface area (Å²) >= 11 is 0. The Balaban J connectivity index is 0.00000144. The van der Waals surface area contributed by atoms with Crippen LogP contribution in [0.25, 0.3) is 11.3 Å². The van der Waals surface area contributed by atoms with Crippen molar-refractivity contribution in [3.05, 3.63) is 41.6 Å². The van der Waals surface area contributed by atoms with Crippen LogP contribution in [0.5, 0.6) is 0 Å². The second kappa shape index (κ2) is 9.12. The maximum Gasteiger partial charge on any atom is 0.225 e. The van der Waals surface area contributed by atoms with Crippen molar-refractivity contribution in [1.29, 1.82) is 0 Å². The lowest BCUT2D eigenvalue weighted by Gasteiger charge is -2.42. The van der Waals surface area contributed by atoms with Gasteiger partial charge in [-0.15, -0.1) is 24.8 Å². The van der Waals surface area contributed by atoms with Crippen molar-refractivity contribution in [2.24, 2.45) is 5.41 Å². The molecule has 32 heavy (non-hydrogen) atoms. The molecule has 2 fully saturated rings. The maximum absolute atomic E-state index is 5.01. The van der Waals surface area contributed by atoms with Gasteiger partial charge in [0, 0.05) is 31.4 Å². The summed E-state index contributed by atoms with van der Waals surface area (Å²) in [6, 6.07) is 9.09. The monoisotopic (exact) mass is 476 g/mol. The predicted molar refractivity (Wildman–Crippen MR) is 139 cm³/mol. The van der Waals surface area contributed by atoms with Crippen LogP contribution in [0, 0.1) is 5.41 Å². The predicted octanol–water partition coefficient (Wildman–Crippen LogP) is 5.92. The minimum atomic E-state index is 0. The van der Waals surface area contributed by atoms with Crippen molar-refractivity contribution in [2.75, 3.05) is 31.1 Å². The van der Waals surface area contributed by atoms with Gasteiger partial charge in [0.25, 0.3) is 0 Å². The van der Waals surface area contributed by atoms with Crippen molar-refractivity contribution in [2.45, 2.75) is 70.6 Å². The average molecular weight is 478 g/mol. The molecule has 0 saturated carbocycles. The molecule has 3 aliphatic rings. The Morgan fingerprint density at radius 1 is 0.844 bits per heavy atom. The summed E-state index contributed by atoms with van der Waals surface area (Å²) in [5, 5.41) is 3.56. The van der Waals surface area contributed by atoms with E-state index in [1.54, 1.807) is 0 Å². The third-order valence-electron chi connectivity index (χ3n) is 8.23. The Bertz CT molecular complexity index is 941. The molecule has 1 aromatic carbocycles. The van der Waals surface area contributed by atoms with E-state index in [9.17, 15) is 0 Å². The normalized spacial score (nSPS) is 22.6. The van der Waals surface area contributed by atoms with Gasteiger partial charge >= 0.3 is 0 Å². The molecule has 3 heterocycles. The molecule has 2 aromatic rings. The van der Waals surface area contributed by atoms with Gasteiger partial charge in [0.2, 0.25) is 5.95 Å². The number of aromatic nitrogens is 2. The van der Waals surface area contributed by atoms with Gasteiger partial charge in [0.05, 0.1) is 5.69 Å². The van der Waals surface area contributed by atoms with E-state index >= 15 is 0 Å². The van der Waals surface area contributed by atoms with Crippen molar-refractivity contribution in [3.63, 3.8) is 0 Å². The Labute approximate surface area is 205 Å². The molecule has 1 aliphatic carbocycles. The molecule has 1 spiro atoms. The molecule has 0 bridgehead atoms. The van der Waals surface area contributed by atoms with Crippen molar-refractivity contribution in [3.8, 4) is 11.3 Å². The number of benzene rings is 1. The Morgan fingerprint density at radius 3 is 2.19 bits per heavy atom. The van der Waals surface area contributed by atoms with Gasteiger partial charge < -0.3 is 10.2 Å². The minimum absolute atomic E-state index is 0. The molecule has 0 radical (unpaired) electrons. The molecule has 176 valence electrons. The molecule has 6 heteroatoms. The molecule has 0 amide bonds. The van der Waals surface area contributed by atoms with Gasteiger partial charge in [-0.2, -0.15) is 0 Å². The topological polar surface area (TPSA) is 41.1 Å². The fourth-order valence-corrected chi connectivity index (χ4v) is 5.81. The quantitative estimate of drug-likeness (QED) is 0.583. The van der Waals surface area contributed by atoms with E-state index < -0.39 is 0 Å². The first-order valence-corrected chi connectivity index (χ1v) is 11.7. The van der Waals surface area contributed by atoms with Crippen molar-refractivity contribution in [1.82, 2.24) is 15.3 Å².